The van der Waals surface area contributed by atoms with Crippen molar-refractivity contribution >= 4 is 27.5 Å². The fourth-order valence-electron chi connectivity index (χ4n) is 4.59. The van der Waals surface area contributed by atoms with Crippen LogP contribution in [-0.4, -0.2) is 26.3 Å². The Morgan fingerprint density at radius 3 is 1.82 bits per heavy atom. The molecule has 5 aromatic rings. The number of unbranched alkanes of at least 4 members (excludes halogenated alkanes) is 3. The van der Waals surface area contributed by atoms with Gasteiger partial charge in [-0.15, -0.1) is 0 Å². The van der Waals surface area contributed by atoms with Crippen molar-refractivity contribution in [2.45, 2.75) is 25.7 Å². The minimum atomic E-state index is -0.263. The molecule has 0 amide bonds. The van der Waals surface area contributed by atoms with Crippen molar-refractivity contribution in [3.8, 4) is 22.6 Å². The van der Waals surface area contributed by atoms with Crippen molar-refractivity contribution in [2.24, 2.45) is 0 Å². The SMILES string of the molecule is COc1ccc(-c2ccc(OCCCCCCOC(=O)c3ccc4cc5ccccc5cc4c3)cc2)cc1. The average Bonchev–Trinajstić information content (AvgIpc) is 2.97. The van der Waals surface area contributed by atoms with Crippen LogP contribution in [0.4, 0.5) is 0 Å². The molecule has 192 valence electrons. The highest BCUT2D eigenvalue weighted by Gasteiger charge is 2.08. The molecule has 0 aromatic heterocycles. The van der Waals surface area contributed by atoms with Crippen LogP contribution in [0.1, 0.15) is 36.0 Å². The van der Waals surface area contributed by atoms with Gasteiger partial charge in [-0.25, -0.2) is 4.79 Å². The number of benzene rings is 5. The van der Waals surface area contributed by atoms with Gasteiger partial charge in [0.05, 0.1) is 25.9 Å². The van der Waals surface area contributed by atoms with Crippen LogP contribution >= 0.6 is 0 Å². The molecule has 38 heavy (non-hydrogen) atoms. The Labute approximate surface area is 223 Å². The number of methoxy groups -OCH3 is 1. The van der Waals surface area contributed by atoms with E-state index in [0.29, 0.717) is 18.8 Å². The largest absolute Gasteiger partial charge is 0.497 e. The summed E-state index contributed by atoms with van der Waals surface area (Å²) < 4.78 is 16.6. The molecular formula is C34H32O4. The van der Waals surface area contributed by atoms with Crippen LogP contribution in [0.15, 0.2) is 103 Å². The third-order valence-corrected chi connectivity index (χ3v) is 6.76. The Morgan fingerprint density at radius 2 is 1.16 bits per heavy atom. The predicted molar refractivity (Wildman–Crippen MR) is 154 cm³/mol. The van der Waals surface area contributed by atoms with Gasteiger partial charge in [0.2, 0.25) is 0 Å². The molecule has 0 aliphatic carbocycles. The van der Waals surface area contributed by atoms with Gasteiger partial charge < -0.3 is 14.2 Å². The number of fused-ring (bicyclic) bond motifs is 2. The number of rotatable bonds is 11. The molecule has 5 aromatic carbocycles. The maximum Gasteiger partial charge on any atom is 0.338 e. The molecule has 0 aliphatic heterocycles. The van der Waals surface area contributed by atoms with E-state index in [1.54, 1.807) is 7.11 Å². The Morgan fingerprint density at radius 1 is 0.579 bits per heavy atom. The standard InChI is InChI=1S/C34H32O4/c1-36-32-16-12-25(13-17-32)26-14-18-33(19-15-26)37-20-6-2-3-7-21-38-34(35)30-11-10-29-22-27-8-4-5-9-28(27)23-31(29)24-30/h4-5,8-19,22-24H,2-3,6-7,20-21H2,1H3. The minimum absolute atomic E-state index is 0.263. The number of ether oxygens (including phenoxy) is 3. The van der Waals surface area contributed by atoms with Crippen LogP contribution in [0.3, 0.4) is 0 Å². The molecular weight excluding hydrogens is 472 g/mol. The lowest BCUT2D eigenvalue weighted by Gasteiger charge is -2.09. The Kier molecular flexibility index (Phi) is 8.19. The molecule has 4 heteroatoms. The molecule has 0 heterocycles. The third-order valence-electron chi connectivity index (χ3n) is 6.76. The summed E-state index contributed by atoms with van der Waals surface area (Å²) in [7, 11) is 1.67. The van der Waals surface area contributed by atoms with Crippen molar-refractivity contribution in [1.29, 1.82) is 0 Å². The van der Waals surface area contributed by atoms with Gasteiger partial charge in [0.1, 0.15) is 11.5 Å². The fraction of sp³-hybridized carbons (Fsp3) is 0.206. The molecule has 0 unspecified atom stereocenters. The Balaban J connectivity index is 0.994. The van der Waals surface area contributed by atoms with Gasteiger partial charge in [-0.05, 0) is 107 Å². The second-order valence-electron chi connectivity index (χ2n) is 9.41. The molecule has 0 spiro atoms. The molecule has 0 aliphatic rings. The predicted octanol–water partition coefficient (Wildman–Crippen LogP) is 8.46. The van der Waals surface area contributed by atoms with Crippen molar-refractivity contribution < 1.29 is 19.0 Å². The van der Waals surface area contributed by atoms with Crippen LogP contribution in [0.2, 0.25) is 0 Å². The van der Waals surface area contributed by atoms with Crippen molar-refractivity contribution in [3.05, 3.63) is 109 Å². The first kappa shape index (κ1) is 25.3. The van der Waals surface area contributed by atoms with Crippen molar-refractivity contribution in [2.75, 3.05) is 20.3 Å². The zero-order valence-corrected chi connectivity index (χ0v) is 21.7. The summed E-state index contributed by atoms with van der Waals surface area (Å²) in [5, 5.41) is 4.53. The smallest absolute Gasteiger partial charge is 0.338 e. The van der Waals surface area contributed by atoms with E-state index in [2.05, 4.69) is 48.5 Å². The molecule has 5 rings (SSSR count). The summed E-state index contributed by atoms with van der Waals surface area (Å²) in [4.78, 5) is 12.5. The second-order valence-corrected chi connectivity index (χ2v) is 9.41. The number of carbonyl (C=O) groups is 1. The van der Waals surface area contributed by atoms with Gasteiger partial charge in [0.15, 0.2) is 0 Å². The molecule has 0 bridgehead atoms. The summed E-state index contributed by atoms with van der Waals surface area (Å²) in [5.41, 5.74) is 2.89. The number of esters is 1. The Hall–Kier alpha value is -4.31. The molecule has 4 nitrogen and oxygen atoms in total. The van der Waals surface area contributed by atoms with Crippen LogP contribution in [-0.2, 0) is 4.74 Å². The number of hydrogen-bond donors (Lipinski definition) is 0. The van der Waals surface area contributed by atoms with Gasteiger partial charge in [-0.2, -0.15) is 0 Å². The number of hydrogen-bond acceptors (Lipinski definition) is 4. The zero-order valence-electron chi connectivity index (χ0n) is 21.7. The average molecular weight is 505 g/mol. The highest BCUT2D eigenvalue weighted by Crippen LogP contribution is 2.25. The summed E-state index contributed by atoms with van der Waals surface area (Å²) >= 11 is 0. The first-order valence-electron chi connectivity index (χ1n) is 13.2. The zero-order chi connectivity index (χ0) is 26.2. The summed E-state index contributed by atoms with van der Waals surface area (Å²) in [6, 6.07) is 34.5. The van der Waals surface area contributed by atoms with Crippen LogP contribution < -0.4 is 9.47 Å². The van der Waals surface area contributed by atoms with E-state index < -0.39 is 0 Å². The number of carbonyl (C=O) groups excluding carboxylic acids is 1. The first-order chi connectivity index (χ1) is 18.7. The lowest BCUT2D eigenvalue weighted by atomic mass is 10.0. The van der Waals surface area contributed by atoms with Gasteiger partial charge in [0, 0.05) is 0 Å². The summed E-state index contributed by atoms with van der Waals surface area (Å²) in [6.45, 7) is 1.11. The van der Waals surface area contributed by atoms with E-state index in [1.807, 2.05) is 54.6 Å². The lowest BCUT2D eigenvalue weighted by molar-refractivity contribution is 0.0497. The molecule has 0 radical (unpaired) electrons. The Bertz CT molecular complexity index is 1500. The normalized spacial score (nSPS) is 11.0. The van der Waals surface area contributed by atoms with E-state index in [1.165, 1.54) is 10.8 Å². The highest BCUT2D eigenvalue weighted by atomic mass is 16.5. The molecule has 0 N–H and O–H groups in total. The molecule has 0 saturated carbocycles. The summed E-state index contributed by atoms with van der Waals surface area (Å²) in [5.74, 6) is 1.46. The van der Waals surface area contributed by atoms with E-state index in [0.717, 1.165) is 59.1 Å². The van der Waals surface area contributed by atoms with Gasteiger partial charge in [-0.3, -0.25) is 0 Å². The van der Waals surface area contributed by atoms with Crippen LogP contribution in [0, 0.1) is 0 Å². The molecule has 0 fully saturated rings. The lowest BCUT2D eigenvalue weighted by Crippen LogP contribution is -2.06. The quantitative estimate of drug-likeness (QED) is 0.103. The van der Waals surface area contributed by atoms with Crippen LogP contribution in [0.25, 0.3) is 32.7 Å². The topological polar surface area (TPSA) is 44.8 Å². The van der Waals surface area contributed by atoms with Gasteiger partial charge in [-0.1, -0.05) is 54.6 Å². The van der Waals surface area contributed by atoms with E-state index >= 15 is 0 Å². The second kappa shape index (κ2) is 12.3. The summed E-state index contributed by atoms with van der Waals surface area (Å²) in [6.07, 6.45) is 3.84. The first-order valence-corrected chi connectivity index (χ1v) is 13.2. The maximum absolute atomic E-state index is 12.5. The van der Waals surface area contributed by atoms with Crippen LogP contribution in [0.5, 0.6) is 11.5 Å². The highest BCUT2D eigenvalue weighted by molar-refractivity contribution is 6.01. The van der Waals surface area contributed by atoms with E-state index in [-0.39, 0.29) is 5.97 Å². The van der Waals surface area contributed by atoms with E-state index in [4.69, 9.17) is 14.2 Å². The van der Waals surface area contributed by atoms with Crippen molar-refractivity contribution in [3.63, 3.8) is 0 Å². The monoisotopic (exact) mass is 504 g/mol. The van der Waals surface area contributed by atoms with Gasteiger partial charge in [0.25, 0.3) is 0 Å². The maximum atomic E-state index is 12.5. The molecule has 0 atom stereocenters. The van der Waals surface area contributed by atoms with Gasteiger partial charge >= 0.3 is 5.97 Å². The van der Waals surface area contributed by atoms with Crippen molar-refractivity contribution in [1.82, 2.24) is 0 Å². The molecule has 0 saturated heterocycles. The fourth-order valence-corrected chi connectivity index (χ4v) is 4.59. The van der Waals surface area contributed by atoms with E-state index in [9.17, 15) is 4.79 Å². The minimum Gasteiger partial charge on any atom is -0.497 e. The third kappa shape index (κ3) is 6.33.